The van der Waals surface area contributed by atoms with Crippen LogP contribution in [0.3, 0.4) is 0 Å². The quantitative estimate of drug-likeness (QED) is 0.631. The molecule has 0 aliphatic rings. The van der Waals surface area contributed by atoms with Crippen molar-refractivity contribution in [2.75, 3.05) is 0 Å². The first-order valence-electron chi connectivity index (χ1n) is 4.64. The number of Topliss-reactive ketones (excluding diaryl/α,β-unsaturated/α-hetero) is 1. The largest absolute Gasteiger partial charge is 0.298 e. The van der Waals surface area contributed by atoms with Gasteiger partial charge in [-0.15, -0.1) is 0 Å². The van der Waals surface area contributed by atoms with E-state index in [2.05, 4.69) is 6.07 Å². The van der Waals surface area contributed by atoms with Gasteiger partial charge >= 0.3 is 0 Å². The first kappa shape index (κ1) is 11.2. The minimum atomic E-state index is -0.380. The number of carbonyl (C=O) groups excluding carboxylic acids is 1. The maximum atomic E-state index is 11.5. The Morgan fingerprint density at radius 3 is 2.00 bits per heavy atom. The van der Waals surface area contributed by atoms with Gasteiger partial charge in [0, 0.05) is 5.92 Å². The summed E-state index contributed by atoms with van der Waals surface area (Å²) in [6.45, 7) is 5.88. The first-order chi connectivity index (χ1) is 5.71. The Hall–Kier alpha value is -0.840. The zero-order chi connectivity index (χ0) is 9.56. The number of hydrogen-bond donors (Lipinski definition) is 0. The SMILES string of the molecule is CCC(C#N)C(=O)C(CC)CC. The van der Waals surface area contributed by atoms with E-state index in [1.54, 1.807) is 0 Å². The van der Waals surface area contributed by atoms with Gasteiger partial charge < -0.3 is 0 Å². The van der Waals surface area contributed by atoms with E-state index in [0.29, 0.717) is 6.42 Å². The minimum absolute atomic E-state index is 0.0922. The van der Waals surface area contributed by atoms with Crippen molar-refractivity contribution in [1.82, 2.24) is 0 Å². The highest BCUT2D eigenvalue weighted by Gasteiger charge is 2.22. The zero-order valence-corrected chi connectivity index (χ0v) is 8.13. The Bertz CT molecular complexity index is 177. The van der Waals surface area contributed by atoms with E-state index in [9.17, 15) is 4.79 Å². The molecule has 0 N–H and O–H groups in total. The highest BCUT2D eigenvalue weighted by molar-refractivity contribution is 5.85. The average Bonchev–Trinajstić information content (AvgIpc) is 2.09. The van der Waals surface area contributed by atoms with Gasteiger partial charge in [-0.3, -0.25) is 4.79 Å². The molecule has 2 heteroatoms. The predicted molar refractivity (Wildman–Crippen MR) is 48.5 cm³/mol. The standard InChI is InChI=1S/C10H17NO/c1-4-8(5-2)10(12)9(6-3)7-11/h8-9H,4-6H2,1-3H3. The Kier molecular flexibility index (Phi) is 5.36. The molecule has 68 valence electrons. The number of nitrogens with zero attached hydrogens (tertiary/aromatic N) is 1. The molecule has 0 saturated heterocycles. The van der Waals surface area contributed by atoms with Crippen molar-refractivity contribution in [3.8, 4) is 6.07 Å². The third kappa shape index (κ3) is 2.65. The fourth-order valence-electron chi connectivity index (χ4n) is 1.33. The summed E-state index contributed by atoms with van der Waals surface area (Å²) in [6.07, 6.45) is 2.35. The molecule has 0 rings (SSSR count). The number of ketones is 1. The lowest BCUT2D eigenvalue weighted by molar-refractivity contribution is -0.125. The van der Waals surface area contributed by atoms with E-state index in [1.165, 1.54) is 0 Å². The van der Waals surface area contributed by atoms with Crippen LogP contribution in [0.5, 0.6) is 0 Å². The first-order valence-corrected chi connectivity index (χ1v) is 4.64. The van der Waals surface area contributed by atoms with E-state index < -0.39 is 0 Å². The summed E-state index contributed by atoms with van der Waals surface area (Å²) in [5, 5.41) is 8.67. The molecule has 0 aromatic rings. The van der Waals surface area contributed by atoms with Crippen LogP contribution in [0.4, 0.5) is 0 Å². The Morgan fingerprint density at radius 2 is 1.75 bits per heavy atom. The molecule has 0 heterocycles. The highest BCUT2D eigenvalue weighted by Crippen LogP contribution is 2.16. The van der Waals surface area contributed by atoms with Crippen LogP contribution < -0.4 is 0 Å². The molecule has 0 fully saturated rings. The maximum Gasteiger partial charge on any atom is 0.153 e. The summed E-state index contributed by atoms with van der Waals surface area (Å²) in [7, 11) is 0. The predicted octanol–water partition coefficient (Wildman–Crippen LogP) is 2.54. The van der Waals surface area contributed by atoms with E-state index in [4.69, 9.17) is 5.26 Å². The maximum absolute atomic E-state index is 11.5. The van der Waals surface area contributed by atoms with E-state index in [1.807, 2.05) is 20.8 Å². The summed E-state index contributed by atoms with van der Waals surface area (Å²) < 4.78 is 0. The van der Waals surface area contributed by atoms with Crippen LogP contribution in [0.1, 0.15) is 40.0 Å². The molecule has 12 heavy (non-hydrogen) atoms. The number of nitriles is 1. The molecule has 1 unspecified atom stereocenters. The Labute approximate surface area is 74.6 Å². The van der Waals surface area contributed by atoms with Crippen molar-refractivity contribution in [2.45, 2.75) is 40.0 Å². The van der Waals surface area contributed by atoms with Gasteiger partial charge in [0.25, 0.3) is 0 Å². The molecule has 0 bridgehead atoms. The molecular weight excluding hydrogens is 150 g/mol. The van der Waals surface area contributed by atoms with Crippen LogP contribution >= 0.6 is 0 Å². The summed E-state index contributed by atoms with van der Waals surface area (Å²) >= 11 is 0. The lowest BCUT2D eigenvalue weighted by atomic mass is 9.88. The van der Waals surface area contributed by atoms with Crippen molar-refractivity contribution < 1.29 is 4.79 Å². The van der Waals surface area contributed by atoms with Crippen molar-refractivity contribution in [3.63, 3.8) is 0 Å². The van der Waals surface area contributed by atoms with Gasteiger partial charge in [0.15, 0.2) is 5.78 Å². The third-order valence-corrected chi connectivity index (χ3v) is 2.30. The smallest absolute Gasteiger partial charge is 0.153 e. The van der Waals surface area contributed by atoms with Crippen LogP contribution in [0.2, 0.25) is 0 Å². The van der Waals surface area contributed by atoms with Gasteiger partial charge in [0.05, 0.1) is 6.07 Å². The van der Waals surface area contributed by atoms with Gasteiger partial charge in [-0.1, -0.05) is 20.8 Å². The lowest BCUT2D eigenvalue weighted by Crippen LogP contribution is -2.21. The van der Waals surface area contributed by atoms with Crippen LogP contribution in [-0.2, 0) is 4.79 Å². The minimum Gasteiger partial charge on any atom is -0.298 e. The van der Waals surface area contributed by atoms with E-state index in [-0.39, 0.29) is 17.6 Å². The van der Waals surface area contributed by atoms with E-state index >= 15 is 0 Å². The number of hydrogen-bond acceptors (Lipinski definition) is 2. The molecule has 0 amide bonds. The molecule has 1 atom stereocenters. The Morgan fingerprint density at radius 1 is 1.25 bits per heavy atom. The summed E-state index contributed by atoms with van der Waals surface area (Å²) in [6, 6.07) is 2.05. The van der Waals surface area contributed by atoms with Gasteiger partial charge in [0.2, 0.25) is 0 Å². The molecule has 2 nitrogen and oxygen atoms in total. The topological polar surface area (TPSA) is 40.9 Å². The monoisotopic (exact) mass is 167 g/mol. The molecule has 0 radical (unpaired) electrons. The molecule has 0 aliphatic carbocycles. The average molecular weight is 167 g/mol. The number of carbonyl (C=O) groups is 1. The molecule has 0 aromatic carbocycles. The van der Waals surface area contributed by atoms with Gasteiger partial charge in [-0.25, -0.2) is 0 Å². The molecule has 0 spiro atoms. The third-order valence-electron chi connectivity index (χ3n) is 2.30. The lowest BCUT2D eigenvalue weighted by Gasteiger charge is -2.13. The molecule has 0 aromatic heterocycles. The highest BCUT2D eigenvalue weighted by atomic mass is 16.1. The normalized spacial score (nSPS) is 12.6. The fraction of sp³-hybridized carbons (Fsp3) is 0.800. The van der Waals surface area contributed by atoms with Crippen LogP contribution in [0.25, 0.3) is 0 Å². The summed E-state index contributed by atoms with van der Waals surface area (Å²) in [5.41, 5.74) is 0. The molecule has 0 aliphatic heterocycles. The zero-order valence-electron chi connectivity index (χ0n) is 8.13. The second kappa shape index (κ2) is 5.77. The van der Waals surface area contributed by atoms with E-state index in [0.717, 1.165) is 12.8 Å². The van der Waals surface area contributed by atoms with Gasteiger partial charge in [0.1, 0.15) is 5.92 Å². The fourth-order valence-corrected chi connectivity index (χ4v) is 1.33. The molecular formula is C10H17NO. The van der Waals surface area contributed by atoms with Crippen LogP contribution in [-0.4, -0.2) is 5.78 Å². The summed E-state index contributed by atoms with van der Waals surface area (Å²) in [4.78, 5) is 11.5. The second-order valence-electron chi connectivity index (χ2n) is 3.01. The van der Waals surface area contributed by atoms with Gasteiger partial charge in [-0.05, 0) is 19.3 Å². The van der Waals surface area contributed by atoms with Crippen molar-refractivity contribution in [1.29, 1.82) is 5.26 Å². The van der Waals surface area contributed by atoms with Crippen LogP contribution in [0, 0.1) is 23.2 Å². The van der Waals surface area contributed by atoms with Crippen LogP contribution in [0.15, 0.2) is 0 Å². The van der Waals surface area contributed by atoms with Crippen molar-refractivity contribution >= 4 is 5.78 Å². The molecule has 0 saturated carbocycles. The Balaban J connectivity index is 4.25. The summed E-state index contributed by atoms with van der Waals surface area (Å²) in [5.74, 6) is -0.158. The van der Waals surface area contributed by atoms with Crippen molar-refractivity contribution in [3.05, 3.63) is 0 Å². The van der Waals surface area contributed by atoms with Gasteiger partial charge in [-0.2, -0.15) is 5.26 Å². The number of rotatable bonds is 5. The second-order valence-corrected chi connectivity index (χ2v) is 3.01. The van der Waals surface area contributed by atoms with Crippen molar-refractivity contribution in [2.24, 2.45) is 11.8 Å².